The second-order valence-corrected chi connectivity index (χ2v) is 13.4. The van der Waals surface area contributed by atoms with Gasteiger partial charge in [0.2, 0.25) is 0 Å². The third-order valence-electron chi connectivity index (χ3n) is 10.9. The molecule has 4 aliphatic rings. The van der Waals surface area contributed by atoms with Gasteiger partial charge in [0.15, 0.2) is 5.78 Å². The van der Waals surface area contributed by atoms with Crippen LogP contribution in [0.1, 0.15) is 74.7 Å². The van der Waals surface area contributed by atoms with E-state index in [9.17, 15) is 28.8 Å². The van der Waals surface area contributed by atoms with Crippen LogP contribution >= 0.6 is 0 Å². The molecule has 10 nitrogen and oxygen atoms in total. The lowest BCUT2D eigenvalue weighted by molar-refractivity contribution is -0.280. The number of hydrogen-bond acceptors (Lipinski definition) is 10. The number of rotatable bonds is 3. The molecule has 3 aliphatic carbocycles. The van der Waals surface area contributed by atoms with Crippen molar-refractivity contribution in [3.05, 3.63) is 12.2 Å². The third-order valence-corrected chi connectivity index (χ3v) is 10.9. The van der Waals surface area contributed by atoms with Crippen molar-refractivity contribution in [2.45, 2.75) is 92.5 Å². The first-order chi connectivity index (χ1) is 18.2. The predicted molar refractivity (Wildman–Crippen MR) is 139 cm³/mol. The van der Waals surface area contributed by atoms with Crippen LogP contribution in [0.15, 0.2) is 12.2 Å². The molecule has 1 aliphatic heterocycles. The van der Waals surface area contributed by atoms with Gasteiger partial charge in [-0.3, -0.25) is 24.0 Å². The van der Waals surface area contributed by atoms with Crippen LogP contribution in [0.2, 0.25) is 0 Å². The summed E-state index contributed by atoms with van der Waals surface area (Å²) >= 11 is 0. The summed E-state index contributed by atoms with van der Waals surface area (Å²) in [7, 11) is 1.10. The molecule has 9 atom stereocenters. The highest BCUT2D eigenvalue weighted by Gasteiger charge is 2.79. The summed E-state index contributed by atoms with van der Waals surface area (Å²) in [6.07, 6.45) is -1.34. The molecular formula is C30H40O10. The van der Waals surface area contributed by atoms with Crippen molar-refractivity contribution in [3.63, 3.8) is 0 Å². The van der Waals surface area contributed by atoms with Crippen LogP contribution in [0, 0.1) is 39.4 Å². The molecule has 0 unspecified atom stereocenters. The van der Waals surface area contributed by atoms with E-state index in [0.29, 0.717) is 12.0 Å². The number of Topliss-reactive ketones (excluding diaryl/α,β-unsaturated/α-hetero) is 2. The summed E-state index contributed by atoms with van der Waals surface area (Å²) in [5.41, 5.74) is -6.31. The Hall–Kier alpha value is -3.04. The summed E-state index contributed by atoms with van der Waals surface area (Å²) in [5, 5.41) is 0. The van der Waals surface area contributed by atoms with Gasteiger partial charge in [-0.15, -0.1) is 0 Å². The lowest BCUT2D eigenvalue weighted by Crippen LogP contribution is -2.77. The zero-order chi connectivity index (χ0) is 30.4. The van der Waals surface area contributed by atoms with E-state index in [2.05, 4.69) is 6.58 Å². The Kier molecular flexibility index (Phi) is 6.72. The van der Waals surface area contributed by atoms with E-state index in [1.165, 1.54) is 20.8 Å². The number of allylic oxidation sites excluding steroid dienone is 1. The number of ether oxygens (including phenoxy) is 4. The topological polar surface area (TPSA) is 139 Å². The number of carbonyl (C=O) groups excluding carboxylic acids is 6. The number of hydrogen-bond donors (Lipinski definition) is 0. The van der Waals surface area contributed by atoms with E-state index in [4.69, 9.17) is 18.9 Å². The third kappa shape index (κ3) is 3.59. The molecule has 1 saturated heterocycles. The molecule has 10 heteroatoms. The lowest BCUT2D eigenvalue weighted by Gasteiger charge is -2.70. The van der Waals surface area contributed by atoms with Crippen molar-refractivity contribution in [1.82, 2.24) is 0 Å². The van der Waals surface area contributed by atoms with E-state index >= 15 is 0 Å². The average Bonchev–Trinajstić information content (AvgIpc) is 2.83. The number of methoxy groups -OCH3 is 1. The minimum atomic E-state index is -2.20. The Morgan fingerprint density at radius 3 is 2.05 bits per heavy atom. The molecule has 0 N–H and O–H groups in total. The van der Waals surface area contributed by atoms with Gasteiger partial charge < -0.3 is 18.9 Å². The van der Waals surface area contributed by atoms with Crippen LogP contribution < -0.4 is 0 Å². The quantitative estimate of drug-likeness (QED) is 0.219. The first-order valence-corrected chi connectivity index (χ1v) is 13.7. The van der Waals surface area contributed by atoms with E-state index in [-0.39, 0.29) is 18.6 Å². The minimum absolute atomic E-state index is 0.00196. The molecule has 0 aromatic heterocycles. The maximum atomic E-state index is 14.2. The summed E-state index contributed by atoms with van der Waals surface area (Å²) in [6.45, 7) is 16.9. The standard InChI is InChI=1S/C30H40O10/c1-14-13-17-27(6)12-11-18(33)26(4,5)20(27)19(38-15(2)31)22(39-16(3)32)29(17,8)21-23(34)40-30(9,25(36)37-10)24(35)28(14,21)7/h17,19-22H,1,11-13H2,2-10H3/t17-,19-,20+,21-,22+,27-,28+,29-,30+/m0/s1. The van der Waals surface area contributed by atoms with Gasteiger partial charge in [-0.1, -0.05) is 39.8 Å². The van der Waals surface area contributed by atoms with Crippen LogP contribution in [-0.4, -0.2) is 60.4 Å². The Morgan fingerprint density at radius 1 is 0.950 bits per heavy atom. The summed E-state index contributed by atoms with van der Waals surface area (Å²) in [6, 6.07) is 0. The lowest BCUT2D eigenvalue weighted by atomic mass is 9.34. The normalized spacial score (nSPS) is 43.9. The van der Waals surface area contributed by atoms with Crippen LogP contribution in [-0.2, 0) is 47.7 Å². The highest BCUT2D eigenvalue weighted by molar-refractivity contribution is 6.15. The average molecular weight is 561 g/mol. The summed E-state index contributed by atoms with van der Waals surface area (Å²) in [4.78, 5) is 79.5. The summed E-state index contributed by atoms with van der Waals surface area (Å²) in [5.74, 6) is -6.08. The monoisotopic (exact) mass is 560 g/mol. The maximum Gasteiger partial charge on any atom is 0.358 e. The van der Waals surface area contributed by atoms with Crippen LogP contribution in [0.4, 0.5) is 0 Å². The van der Waals surface area contributed by atoms with Crippen molar-refractivity contribution in [3.8, 4) is 0 Å². The first kappa shape index (κ1) is 29.9. The van der Waals surface area contributed by atoms with Gasteiger partial charge in [0.1, 0.15) is 18.0 Å². The largest absolute Gasteiger partial charge is 0.466 e. The molecule has 40 heavy (non-hydrogen) atoms. The van der Waals surface area contributed by atoms with Gasteiger partial charge in [-0.05, 0) is 38.0 Å². The van der Waals surface area contributed by atoms with Gasteiger partial charge >= 0.3 is 23.9 Å². The number of cyclic esters (lactones) is 1. The van der Waals surface area contributed by atoms with Gasteiger partial charge in [0.25, 0.3) is 5.60 Å². The van der Waals surface area contributed by atoms with Gasteiger partial charge in [0.05, 0.1) is 18.4 Å². The highest BCUT2D eigenvalue weighted by atomic mass is 16.6. The summed E-state index contributed by atoms with van der Waals surface area (Å²) < 4.78 is 22.4. The fourth-order valence-corrected chi connectivity index (χ4v) is 9.18. The number of esters is 4. The van der Waals surface area contributed by atoms with Crippen molar-refractivity contribution < 1.29 is 47.7 Å². The van der Waals surface area contributed by atoms with Crippen LogP contribution in [0.25, 0.3) is 0 Å². The molecule has 4 rings (SSSR count). The second kappa shape index (κ2) is 8.98. The molecular weight excluding hydrogens is 520 g/mol. The van der Waals surface area contributed by atoms with Crippen molar-refractivity contribution in [2.75, 3.05) is 7.11 Å². The van der Waals surface area contributed by atoms with E-state index in [0.717, 1.165) is 7.11 Å². The zero-order valence-corrected chi connectivity index (χ0v) is 24.8. The fraction of sp³-hybridized carbons (Fsp3) is 0.733. The van der Waals surface area contributed by atoms with E-state index in [1.54, 1.807) is 13.8 Å². The molecule has 4 fully saturated rings. The molecule has 0 aromatic rings. The smallest absolute Gasteiger partial charge is 0.358 e. The number of ketones is 2. The van der Waals surface area contributed by atoms with Crippen molar-refractivity contribution in [2.24, 2.45) is 39.4 Å². The van der Waals surface area contributed by atoms with Gasteiger partial charge in [-0.25, -0.2) is 4.79 Å². The van der Waals surface area contributed by atoms with Crippen molar-refractivity contribution in [1.29, 1.82) is 0 Å². The second-order valence-electron chi connectivity index (χ2n) is 13.4. The Balaban J connectivity index is 2.04. The zero-order valence-electron chi connectivity index (χ0n) is 24.8. The Labute approximate surface area is 234 Å². The number of carbonyl (C=O) groups is 6. The number of fused-ring (bicyclic) bond motifs is 5. The molecule has 220 valence electrons. The van der Waals surface area contributed by atoms with Crippen LogP contribution in [0.5, 0.6) is 0 Å². The first-order valence-electron chi connectivity index (χ1n) is 13.7. The van der Waals surface area contributed by atoms with Crippen LogP contribution in [0.3, 0.4) is 0 Å². The van der Waals surface area contributed by atoms with Gasteiger partial charge in [-0.2, -0.15) is 0 Å². The van der Waals surface area contributed by atoms with Gasteiger partial charge in [0, 0.05) is 37.0 Å². The van der Waals surface area contributed by atoms with E-state index in [1.807, 2.05) is 20.8 Å². The maximum absolute atomic E-state index is 14.2. The van der Waals surface area contributed by atoms with Crippen molar-refractivity contribution >= 4 is 35.4 Å². The minimum Gasteiger partial charge on any atom is -0.466 e. The molecule has 0 aromatic carbocycles. The van der Waals surface area contributed by atoms with E-state index < -0.39 is 86.9 Å². The fourth-order valence-electron chi connectivity index (χ4n) is 9.18. The SMILES string of the molecule is C=C1C[C@H]2[C@]3(C)CCC(=O)C(C)(C)[C@H]3[C@H](OC(C)=O)[C@@H](OC(C)=O)[C@]2(C)[C@H]2C(=O)O[C@@](C)(C(=O)OC)C(=O)[C@]12C. The highest BCUT2D eigenvalue weighted by Crippen LogP contribution is 2.73. The molecule has 3 saturated carbocycles. The predicted octanol–water partition coefficient (Wildman–Crippen LogP) is 3.14. The molecule has 0 bridgehead atoms. The Morgan fingerprint density at radius 2 is 1.52 bits per heavy atom. The molecule has 0 spiro atoms. The molecule has 0 radical (unpaired) electrons. The molecule has 0 amide bonds. The molecule has 1 heterocycles. The Bertz CT molecular complexity index is 1230.